The zero-order chi connectivity index (χ0) is 20.1. The Bertz CT molecular complexity index is 975. The Morgan fingerprint density at radius 1 is 1.07 bits per heavy atom. The van der Waals surface area contributed by atoms with Crippen LogP contribution in [0.3, 0.4) is 0 Å². The molecule has 0 radical (unpaired) electrons. The standard InChI is InChI=1S/C22H18BrClO4/c1-14-18(22(26)28-16-10-6-3-7-11-16)21(19(23)17(12-25)20(14)24)27-13-15-8-4-2-5-9-15/h2-11,25H,12-13H2,1H3. The van der Waals surface area contributed by atoms with Crippen LogP contribution in [0.1, 0.15) is 27.0 Å². The highest BCUT2D eigenvalue weighted by atomic mass is 79.9. The second kappa shape index (κ2) is 9.24. The van der Waals surface area contributed by atoms with Gasteiger partial charge in [0.25, 0.3) is 0 Å². The number of hydrogen-bond acceptors (Lipinski definition) is 4. The predicted octanol–water partition coefficient (Wildman–Crippen LogP) is 5.70. The molecule has 0 fully saturated rings. The number of halogens is 2. The maximum Gasteiger partial charge on any atom is 0.347 e. The average molecular weight is 462 g/mol. The smallest absolute Gasteiger partial charge is 0.347 e. The second-order valence-corrected chi connectivity index (χ2v) is 7.24. The van der Waals surface area contributed by atoms with E-state index in [0.717, 1.165) is 5.56 Å². The zero-order valence-corrected chi connectivity index (χ0v) is 17.5. The number of rotatable bonds is 6. The van der Waals surface area contributed by atoms with Gasteiger partial charge in [0.15, 0.2) is 0 Å². The normalized spacial score (nSPS) is 10.6. The molecule has 3 aromatic carbocycles. The largest absolute Gasteiger partial charge is 0.487 e. The Morgan fingerprint density at radius 2 is 1.68 bits per heavy atom. The van der Waals surface area contributed by atoms with Crippen LogP contribution in [0.2, 0.25) is 5.02 Å². The molecule has 0 bridgehead atoms. The fraction of sp³-hybridized carbons (Fsp3) is 0.136. The van der Waals surface area contributed by atoms with Gasteiger partial charge < -0.3 is 14.6 Å². The van der Waals surface area contributed by atoms with Gasteiger partial charge in [-0.3, -0.25) is 0 Å². The molecule has 0 unspecified atom stereocenters. The lowest BCUT2D eigenvalue weighted by atomic mass is 10.0. The fourth-order valence-corrected chi connectivity index (χ4v) is 3.75. The van der Waals surface area contributed by atoms with Crippen LogP contribution in [0.25, 0.3) is 0 Å². The lowest BCUT2D eigenvalue weighted by Gasteiger charge is -2.19. The highest BCUT2D eigenvalue weighted by Crippen LogP contribution is 2.41. The van der Waals surface area contributed by atoms with Gasteiger partial charge in [-0.1, -0.05) is 60.1 Å². The summed E-state index contributed by atoms with van der Waals surface area (Å²) in [4.78, 5) is 12.9. The quantitative estimate of drug-likeness (QED) is 0.378. The number of ether oxygens (including phenoxy) is 2. The van der Waals surface area contributed by atoms with Crippen molar-refractivity contribution in [1.82, 2.24) is 0 Å². The van der Waals surface area contributed by atoms with E-state index in [1.54, 1.807) is 31.2 Å². The van der Waals surface area contributed by atoms with E-state index in [0.29, 0.717) is 26.4 Å². The third-order valence-corrected chi connectivity index (χ3v) is 5.55. The molecule has 0 spiro atoms. The van der Waals surface area contributed by atoms with Crippen LogP contribution >= 0.6 is 27.5 Å². The van der Waals surface area contributed by atoms with Gasteiger partial charge in [0.05, 0.1) is 16.1 Å². The van der Waals surface area contributed by atoms with Gasteiger partial charge in [0.2, 0.25) is 0 Å². The Morgan fingerprint density at radius 3 is 2.29 bits per heavy atom. The fourth-order valence-electron chi connectivity index (χ4n) is 2.75. The summed E-state index contributed by atoms with van der Waals surface area (Å²) in [7, 11) is 0. The van der Waals surface area contributed by atoms with Crippen molar-refractivity contribution in [2.45, 2.75) is 20.1 Å². The van der Waals surface area contributed by atoms with Gasteiger partial charge in [0.1, 0.15) is 23.7 Å². The summed E-state index contributed by atoms with van der Waals surface area (Å²) in [6.07, 6.45) is 0. The molecule has 4 nitrogen and oxygen atoms in total. The molecule has 0 saturated heterocycles. The molecule has 0 aliphatic carbocycles. The van der Waals surface area contributed by atoms with Crippen LogP contribution in [0.4, 0.5) is 0 Å². The van der Waals surface area contributed by atoms with Crippen molar-refractivity contribution in [2.24, 2.45) is 0 Å². The molecule has 0 amide bonds. The third kappa shape index (κ3) is 4.38. The van der Waals surface area contributed by atoms with Crippen LogP contribution in [0.15, 0.2) is 65.1 Å². The van der Waals surface area contributed by atoms with Gasteiger partial charge in [-0.2, -0.15) is 0 Å². The zero-order valence-electron chi connectivity index (χ0n) is 15.1. The number of aliphatic hydroxyl groups is 1. The number of benzene rings is 3. The Kier molecular flexibility index (Phi) is 6.73. The van der Waals surface area contributed by atoms with E-state index in [1.807, 2.05) is 36.4 Å². The topological polar surface area (TPSA) is 55.8 Å². The molecule has 0 aromatic heterocycles. The first kappa shape index (κ1) is 20.4. The van der Waals surface area contributed by atoms with Gasteiger partial charge in [-0.25, -0.2) is 4.79 Å². The van der Waals surface area contributed by atoms with Crippen molar-refractivity contribution in [1.29, 1.82) is 0 Å². The van der Waals surface area contributed by atoms with Gasteiger partial charge in [-0.15, -0.1) is 0 Å². The minimum atomic E-state index is -0.584. The van der Waals surface area contributed by atoms with E-state index >= 15 is 0 Å². The summed E-state index contributed by atoms with van der Waals surface area (Å²) in [5.74, 6) is 0.119. The molecule has 0 aliphatic rings. The Labute approximate surface area is 176 Å². The lowest BCUT2D eigenvalue weighted by molar-refractivity contribution is 0.0728. The lowest BCUT2D eigenvalue weighted by Crippen LogP contribution is -2.15. The summed E-state index contributed by atoms with van der Waals surface area (Å²) < 4.78 is 11.9. The summed E-state index contributed by atoms with van der Waals surface area (Å²) >= 11 is 9.81. The van der Waals surface area contributed by atoms with Gasteiger partial charge in [-0.05, 0) is 46.1 Å². The summed E-state index contributed by atoms with van der Waals surface area (Å²) in [5, 5.41) is 10.0. The maximum atomic E-state index is 12.9. The molecular weight excluding hydrogens is 444 g/mol. The van der Waals surface area contributed by atoms with Crippen LogP contribution in [0.5, 0.6) is 11.5 Å². The second-order valence-electron chi connectivity index (χ2n) is 6.07. The van der Waals surface area contributed by atoms with E-state index in [-0.39, 0.29) is 24.5 Å². The highest BCUT2D eigenvalue weighted by Gasteiger charge is 2.26. The molecule has 1 N–H and O–H groups in total. The van der Waals surface area contributed by atoms with Crippen molar-refractivity contribution in [3.8, 4) is 11.5 Å². The van der Waals surface area contributed by atoms with Crippen molar-refractivity contribution in [3.63, 3.8) is 0 Å². The monoisotopic (exact) mass is 460 g/mol. The molecule has 0 saturated carbocycles. The number of aliphatic hydroxyl groups excluding tert-OH is 1. The van der Waals surface area contributed by atoms with Crippen molar-refractivity contribution >= 4 is 33.5 Å². The molecule has 0 heterocycles. The van der Waals surface area contributed by atoms with Crippen molar-refractivity contribution < 1.29 is 19.4 Å². The van der Waals surface area contributed by atoms with Crippen LogP contribution in [-0.2, 0) is 13.2 Å². The number of esters is 1. The Hall–Kier alpha value is -2.34. The molecule has 144 valence electrons. The number of para-hydroxylation sites is 1. The number of carbonyl (C=O) groups excluding carboxylic acids is 1. The molecule has 3 aromatic rings. The van der Waals surface area contributed by atoms with E-state index < -0.39 is 5.97 Å². The molecule has 6 heteroatoms. The number of carbonyl (C=O) groups is 1. The first-order valence-electron chi connectivity index (χ1n) is 8.58. The number of hydrogen-bond donors (Lipinski definition) is 1. The molecular formula is C22H18BrClO4. The summed E-state index contributed by atoms with van der Waals surface area (Å²) in [5.41, 5.74) is 2.10. The molecule has 3 rings (SSSR count). The molecule has 0 atom stereocenters. The predicted molar refractivity (Wildman–Crippen MR) is 112 cm³/mol. The molecule has 0 aliphatic heterocycles. The summed E-state index contributed by atoms with van der Waals surface area (Å²) in [6, 6.07) is 18.3. The minimum absolute atomic E-state index is 0.217. The average Bonchev–Trinajstić information content (AvgIpc) is 2.71. The van der Waals surface area contributed by atoms with Crippen LogP contribution < -0.4 is 9.47 Å². The van der Waals surface area contributed by atoms with E-state index in [9.17, 15) is 9.90 Å². The first-order valence-corrected chi connectivity index (χ1v) is 9.75. The maximum absolute atomic E-state index is 12.9. The minimum Gasteiger partial charge on any atom is -0.487 e. The SMILES string of the molecule is Cc1c(Cl)c(CO)c(Br)c(OCc2ccccc2)c1C(=O)Oc1ccccc1. The van der Waals surface area contributed by atoms with Crippen LogP contribution in [0, 0.1) is 6.92 Å². The highest BCUT2D eigenvalue weighted by molar-refractivity contribution is 9.10. The Balaban J connectivity index is 2.02. The molecule has 28 heavy (non-hydrogen) atoms. The van der Waals surface area contributed by atoms with E-state index in [4.69, 9.17) is 21.1 Å². The van der Waals surface area contributed by atoms with Crippen molar-refractivity contribution in [2.75, 3.05) is 0 Å². The van der Waals surface area contributed by atoms with Crippen LogP contribution in [-0.4, -0.2) is 11.1 Å². The van der Waals surface area contributed by atoms with E-state index in [2.05, 4.69) is 15.9 Å². The van der Waals surface area contributed by atoms with Crippen molar-refractivity contribution in [3.05, 3.63) is 92.4 Å². The third-order valence-electron chi connectivity index (χ3n) is 4.20. The first-order chi connectivity index (χ1) is 13.5. The summed E-state index contributed by atoms with van der Waals surface area (Å²) in [6.45, 7) is 1.65. The van der Waals surface area contributed by atoms with Gasteiger partial charge >= 0.3 is 5.97 Å². The van der Waals surface area contributed by atoms with E-state index in [1.165, 1.54) is 0 Å². The van der Waals surface area contributed by atoms with Gasteiger partial charge in [0, 0.05) is 5.56 Å².